The number of ether oxygens (including phenoxy) is 1. The van der Waals surface area contributed by atoms with E-state index in [-0.39, 0.29) is 12.1 Å². The topological polar surface area (TPSA) is 60.2 Å². The number of anilines is 1. The molecule has 2 unspecified atom stereocenters. The fraction of sp³-hybridized carbons (Fsp3) is 0.615. The fourth-order valence-corrected chi connectivity index (χ4v) is 2.00. The van der Waals surface area contributed by atoms with Gasteiger partial charge in [-0.05, 0) is 26.0 Å². The fourth-order valence-electron chi connectivity index (χ4n) is 2.00. The van der Waals surface area contributed by atoms with Gasteiger partial charge in [-0.3, -0.25) is 4.98 Å². The van der Waals surface area contributed by atoms with Crippen molar-refractivity contribution in [2.24, 2.45) is 0 Å². The standard InChI is InChI=1S/C13H23N3O/c1-4-12(17-6-3)13(16-5-2)10-9-15-8-7-11(10)14/h7-9,12-13,16H,4-6H2,1-3H3,(H2,14,15). The predicted molar refractivity (Wildman–Crippen MR) is 70.8 cm³/mol. The second-order valence-corrected chi connectivity index (χ2v) is 3.94. The van der Waals surface area contributed by atoms with Crippen molar-refractivity contribution in [3.8, 4) is 0 Å². The summed E-state index contributed by atoms with van der Waals surface area (Å²) in [7, 11) is 0. The number of hydrogen-bond acceptors (Lipinski definition) is 4. The molecule has 0 aromatic carbocycles. The average molecular weight is 237 g/mol. The summed E-state index contributed by atoms with van der Waals surface area (Å²) in [5.74, 6) is 0. The van der Waals surface area contributed by atoms with Crippen LogP contribution in [0.1, 0.15) is 38.8 Å². The van der Waals surface area contributed by atoms with Crippen LogP contribution in [-0.2, 0) is 4.74 Å². The Kier molecular flexibility index (Phi) is 5.94. The smallest absolute Gasteiger partial charge is 0.0768 e. The molecule has 96 valence electrons. The SMILES string of the molecule is CCNC(c1cnccc1N)C(CC)OCC. The molecule has 0 aliphatic rings. The van der Waals surface area contributed by atoms with E-state index in [0.29, 0.717) is 6.61 Å². The summed E-state index contributed by atoms with van der Waals surface area (Å²) in [6, 6.07) is 1.94. The highest BCUT2D eigenvalue weighted by molar-refractivity contribution is 5.46. The summed E-state index contributed by atoms with van der Waals surface area (Å²) in [5.41, 5.74) is 7.80. The number of pyridine rings is 1. The zero-order valence-electron chi connectivity index (χ0n) is 10.9. The first-order valence-electron chi connectivity index (χ1n) is 6.28. The van der Waals surface area contributed by atoms with Crippen molar-refractivity contribution in [2.45, 2.75) is 39.3 Å². The quantitative estimate of drug-likeness (QED) is 0.762. The third kappa shape index (κ3) is 3.68. The van der Waals surface area contributed by atoms with E-state index in [0.717, 1.165) is 24.2 Å². The monoisotopic (exact) mass is 237 g/mol. The van der Waals surface area contributed by atoms with Crippen molar-refractivity contribution in [2.75, 3.05) is 18.9 Å². The molecule has 0 spiro atoms. The molecule has 0 fully saturated rings. The summed E-state index contributed by atoms with van der Waals surface area (Å²) < 4.78 is 5.77. The van der Waals surface area contributed by atoms with Gasteiger partial charge in [-0.15, -0.1) is 0 Å². The Morgan fingerprint density at radius 2 is 2.18 bits per heavy atom. The van der Waals surface area contributed by atoms with E-state index >= 15 is 0 Å². The van der Waals surface area contributed by atoms with Crippen LogP contribution in [0.25, 0.3) is 0 Å². The van der Waals surface area contributed by atoms with Crippen LogP contribution >= 0.6 is 0 Å². The van der Waals surface area contributed by atoms with E-state index in [4.69, 9.17) is 10.5 Å². The average Bonchev–Trinajstić information content (AvgIpc) is 2.34. The molecule has 17 heavy (non-hydrogen) atoms. The Hall–Kier alpha value is -1.13. The minimum atomic E-state index is 0.110. The first-order chi connectivity index (χ1) is 8.24. The molecule has 0 radical (unpaired) electrons. The van der Waals surface area contributed by atoms with Crippen LogP contribution in [0.3, 0.4) is 0 Å². The molecule has 2 atom stereocenters. The molecule has 1 aromatic rings. The van der Waals surface area contributed by atoms with Crippen LogP contribution in [0, 0.1) is 0 Å². The van der Waals surface area contributed by atoms with Gasteiger partial charge in [0.25, 0.3) is 0 Å². The maximum absolute atomic E-state index is 6.00. The predicted octanol–water partition coefficient (Wildman–Crippen LogP) is 2.13. The van der Waals surface area contributed by atoms with E-state index in [2.05, 4.69) is 24.1 Å². The van der Waals surface area contributed by atoms with Gasteiger partial charge in [0.2, 0.25) is 0 Å². The van der Waals surface area contributed by atoms with Gasteiger partial charge < -0.3 is 15.8 Å². The number of likely N-dealkylation sites (N-methyl/N-ethyl adjacent to an activating group) is 1. The van der Waals surface area contributed by atoms with Gasteiger partial charge in [0.15, 0.2) is 0 Å². The lowest BCUT2D eigenvalue weighted by molar-refractivity contribution is 0.0319. The Balaban J connectivity index is 2.94. The summed E-state index contributed by atoms with van der Waals surface area (Å²) in [6.45, 7) is 7.80. The molecule has 0 amide bonds. The number of rotatable bonds is 7. The third-order valence-electron chi connectivity index (χ3n) is 2.80. The van der Waals surface area contributed by atoms with E-state index < -0.39 is 0 Å². The number of nitrogens with one attached hydrogen (secondary N) is 1. The number of aromatic nitrogens is 1. The molecule has 0 saturated heterocycles. The maximum atomic E-state index is 6.00. The van der Waals surface area contributed by atoms with Crippen LogP contribution < -0.4 is 11.1 Å². The summed E-state index contributed by atoms with van der Waals surface area (Å²) in [5, 5.41) is 3.43. The highest BCUT2D eigenvalue weighted by atomic mass is 16.5. The van der Waals surface area contributed by atoms with Crippen molar-refractivity contribution in [3.63, 3.8) is 0 Å². The van der Waals surface area contributed by atoms with Crippen molar-refractivity contribution in [1.82, 2.24) is 10.3 Å². The highest BCUT2D eigenvalue weighted by Gasteiger charge is 2.23. The first kappa shape index (κ1) is 13.9. The zero-order chi connectivity index (χ0) is 12.7. The van der Waals surface area contributed by atoms with Crippen LogP contribution in [0.15, 0.2) is 18.5 Å². The first-order valence-corrected chi connectivity index (χ1v) is 6.28. The van der Waals surface area contributed by atoms with Crippen LogP contribution in [0.2, 0.25) is 0 Å². The zero-order valence-corrected chi connectivity index (χ0v) is 10.9. The second kappa shape index (κ2) is 7.25. The highest BCUT2D eigenvalue weighted by Crippen LogP contribution is 2.25. The number of hydrogen-bond donors (Lipinski definition) is 2. The van der Waals surface area contributed by atoms with E-state index in [1.54, 1.807) is 6.20 Å². The summed E-state index contributed by atoms with van der Waals surface area (Å²) in [6.07, 6.45) is 4.61. The number of nitrogens with two attached hydrogens (primary N) is 1. The molecular weight excluding hydrogens is 214 g/mol. The Bertz CT molecular complexity index is 330. The van der Waals surface area contributed by atoms with Crippen molar-refractivity contribution in [3.05, 3.63) is 24.0 Å². The Morgan fingerprint density at radius 3 is 2.71 bits per heavy atom. The number of nitrogens with zero attached hydrogens (tertiary/aromatic N) is 1. The molecule has 3 N–H and O–H groups in total. The van der Waals surface area contributed by atoms with Gasteiger partial charge in [0, 0.05) is 30.3 Å². The van der Waals surface area contributed by atoms with Gasteiger partial charge in [0.1, 0.15) is 0 Å². The van der Waals surface area contributed by atoms with Crippen molar-refractivity contribution in [1.29, 1.82) is 0 Å². The summed E-state index contributed by atoms with van der Waals surface area (Å²) >= 11 is 0. The van der Waals surface area contributed by atoms with Gasteiger partial charge in [-0.25, -0.2) is 0 Å². The second-order valence-electron chi connectivity index (χ2n) is 3.94. The molecule has 4 heteroatoms. The van der Waals surface area contributed by atoms with Gasteiger partial charge in [-0.2, -0.15) is 0 Å². The molecule has 4 nitrogen and oxygen atoms in total. The van der Waals surface area contributed by atoms with Crippen molar-refractivity contribution >= 4 is 5.69 Å². The van der Waals surface area contributed by atoms with Crippen molar-refractivity contribution < 1.29 is 4.74 Å². The van der Waals surface area contributed by atoms with Crippen LogP contribution in [0.5, 0.6) is 0 Å². The molecular formula is C13H23N3O. The Labute approximate surface area is 104 Å². The van der Waals surface area contributed by atoms with Gasteiger partial charge in [-0.1, -0.05) is 13.8 Å². The van der Waals surface area contributed by atoms with Gasteiger partial charge in [0.05, 0.1) is 12.1 Å². The lowest BCUT2D eigenvalue weighted by atomic mass is 9.99. The minimum absolute atomic E-state index is 0.110. The van der Waals surface area contributed by atoms with Crippen LogP contribution in [0.4, 0.5) is 5.69 Å². The molecule has 1 rings (SSSR count). The number of nitrogen functional groups attached to an aromatic ring is 1. The lowest BCUT2D eigenvalue weighted by Crippen LogP contribution is -2.34. The Morgan fingerprint density at radius 1 is 1.41 bits per heavy atom. The minimum Gasteiger partial charge on any atom is -0.398 e. The molecule has 0 aliphatic carbocycles. The lowest BCUT2D eigenvalue weighted by Gasteiger charge is -2.27. The molecule has 0 saturated carbocycles. The largest absolute Gasteiger partial charge is 0.398 e. The molecule has 0 aliphatic heterocycles. The molecule has 1 aromatic heterocycles. The normalized spacial score (nSPS) is 14.5. The summed E-state index contributed by atoms with van der Waals surface area (Å²) in [4.78, 5) is 4.15. The van der Waals surface area contributed by atoms with E-state index in [1.165, 1.54) is 0 Å². The van der Waals surface area contributed by atoms with Crippen LogP contribution in [-0.4, -0.2) is 24.2 Å². The maximum Gasteiger partial charge on any atom is 0.0768 e. The van der Waals surface area contributed by atoms with Gasteiger partial charge >= 0.3 is 0 Å². The third-order valence-corrected chi connectivity index (χ3v) is 2.80. The van der Waals surface area contributed by atoms with E-state index in [9.17, 15) is 0 Å². The molecule has 1 heterocycles. The molecule has 0 bridgehead atoms. The van der Waals surface area contributed by atoms with E-state index in [1.807, 2.05) is 19.2 Å².